The highest BCUT2D eigenvalue weighted by atomic mass is 19.4. The first-order valence-electron chi connectivity index (χ1n) is 14.7. The van der Waals surface area contributed by atoms with Crippen molar-refractivity contribution in [3.05, 3.63) is 96.6 Å². The third-order valence-electron chi connectivity index (χ3n) is 6.91. The second-order valence-electron chi connectivity index (χ2n) is 10.6. The quantitative estimate of drug-likeness (QED) is 0.0565. The van der Waals surface area contributed by atoms with Crippen molar-refractivity contribution in [1.29, 1.82) is 0 Å². The van der Waals surface area contributed by atoms with Gasteiger partial charge in [-0.2, -0.15) is 26.3 Å². The number of phenolic OH excluding ortho intramolecular Hbond substituents is 2. The molecule has 0 aliphatic rings. The molecule has 4 N–H and O–H groups in total. The molecule has 0 aliphatic carbocycles. The lowest BCUT2D eigenvalue weighted by molar-refractivity contribution is -0.137. The van der Waals surface area contributed by atoms with E-state index in [0.717, 1.165) is 31.7 Å². The fraction of sp³-hybridized carbons (Fsp3) is 0.118. The Balaban J connectivity index is 0.000000206. The molecule has 0 aliphatic heterocycles. The Hall–Kier alpha value is -6.72. The van der Waals surface area contributed by atoms with E-state index < -0.39 is 41.2 Å². The van der Waals surface area contributed by atoms with Gasteiger partial charge in [0.1, 0.15) is 24.3 Å². The number of carbonyl (C=O) groups excluding carboxylic acids is 2. The van der Waals surface area contributed by atoms with Gasteiger partial charge in [-0.05, 0) is 36.4 Å². The smallest absolute Gasteiger partial charge is 0.418 e. The number of phenols is 2. The van der Waals surface area contributed by atoms with E-state index in [4.69, 9.17) is 9.47 Å². The highest BCUT2D eigenvalue weighted by molar-refractivity contribution is 5.95. The number of aromatic hydroxyl groups is 2. The number of nitrogens with one attached hydrogen (secondary N) is 2. The number of halogens is 6. The molecule has 52 heavy (non-hydrogen) atoms. The summed E-state index contributed by atoms with van der Waals surface area (Å²) in [7, 11) is 0. The summed E-state index contributed by atoms with van der Waals surface area (Å²) in [4.78, 5) is 38.6. The second kappa shape index (κ2) is 14.6. The number of para-hydroxylation sites is 2. The van der Waals surface area contributed by atoms with Crippen LogP contribution in [0.2, 0.25) is 0 Å². The highest BCUT2D eigenvalue weighted by Gasteiger charge is 2.34. The summed E-state index contributed by atoms with van der Waals surface area (Å²) in [5, 5.41) is 24.8. The molecule has 2 heterocycles. The van der Waals surface area contributed by atoms with Crippen LogP contribution in [0.5, 0.6) is 23.0 Å². The third kappa shape index (κ3) is 8.52. The summed E-state index contributed by atoms with van der Waals surface area (Å²) in [6.07, 6.45) is -6.80. The number of aromatic nitrogens is 4. The van der Waals surface area contributed by atoms with Crippen molar-refractivity contribution in [1.82, 2.24) is 19.9 Å². The Labute approximate surface area is 288 Å². The Bertz CT molecular complexity index is 2300. The van der Waals surface area contributed by atoms with E-state index in [1.54, 1.807) is 0 Å². The van der Waals surface area contributed by atoms with Gasteiger partial charge < -0.3 is 30.3 Å². The fourth-order valence-corrected chi connectivity index (χ4v) is 4.75. The SMILES string of the molecule is CC(=O)Oc1cc2ncnc(Nc3ccccc3C(F)(F)F)c2cc1OC(C)=O.Oc1cc2ncnc(Nc3ccccc3C(F)(F)F)c2cc1O. The van der Waals surface area contributed by atoms with Gasteiger partial charge in [-0.3, -0.25) is 9.59 Å². The van der Waals surface area contributed by atoms with Crippen LogP contribution in [0.25, 0.3) is 21.8 Å². The van der Waals surface area contributed by atoms with Gasteiger partial charge in [0.2, 0.25) is 0 Å². The van der Waals surface area contributed by atoms with E-state index in [9.17, 15) is 46.1 Å². The highest BCUT2D eigenvalue weighted by Crippen LogP contribution is 2.40. The normalized spacial score (nSPS) is 11.4. The number of carbonyl (C=O) groups is 2. The first kappa shape index (κ1) is 36.6. The molecule has 12 nitrogen and oxygen atoms in total. The maximum absolute atomic E-state index is 13.3. The molecule has 2 aromatic heterocycles. The van der Waals surface area contributed by atoms with Crippen LogP contribution >= 0.6 is 0 Å². The number of anilines is 4. The Kier molecular flexibility index (Phi) is 10.3. The monoisotopic (exact) mass is 726 g/mol. The summed E-state index contributed by atoms with van der Waals surface area (Å²) in [5.41, 5.74) is -1.55. The van der Waals surface area contributed by atoms with Crippen molar-refractivity contribution in [3.63, 3.8) is 0 Å². The summed E-state index contributed by atoms with van der Waals surface area (Å²) >= 11 is 0. The van der Waals surface area contributed by atoms with E-state index in [-0.39, 0.29) is 62.1 Å². The maximum atomic E-state index is 13.3. The molecule has 0 saturated heterocycles. The van der Waals surface area contributed by atoms with Crippen LogP contribution in [-0.4, -0.2) is 42.1 Å². The van der Waals surface area contributed by atoms with Crippen molar-refractivity contribution in [2.24, 2.45) is 0 Å². The number of hydrogen-bond donors (Lipinski definition) is 4. The molecule has 0 saturated carbocycles. The molecular weight excluding hydrogens is 702 g/mol. The van der Waals surface area contributed by atoms with Crippen molar-refractivity contribution in [2.75, 3.05) is 10.6 Å². The molecule has 0 atom stereocenters. The van der Waals surface area contributed by atoms with E-state index in [1.807, 2.05) is 0 Å². The van der Waals surface area contributed by atoms with Crippen LogP contribution in [0, 0.1) is 0 Å². The average molecular weight is 727 g/mol. The lowest BCUT2D eigenvalue weighted by Gasteiger charge is -2.15. The standard InChI is InChI=1S/C19H14F3N3O4.C15H10F3N3O2/c1-10(26)28-16-7-12-15(8-17(16)29-11(2)27)23-9-24-18(12)25-14-6-4-3-5-13(14)19(20,21)22;16-15(17,18)9-3-1-2-4-10(9)21-14-8-5-12(22)13(23)6-11(8)19-7-20-14/h3-9H,1-2H3,(H,23,24,25);1-7,22-23H,(H,19,20,21). The van der Waals surface area contributed by atoms with E-state index in [2.05, 4.69) is 30.6 Å². The number of ether oxygens (including phenoxy) is 2. The summed E-state index contributed by atoms with van der Waals surface area (Å²) < 4.78 is 89.0. The first-order chi connectivity index (χ1) is 24.5. The number of rotatable bonds is 6. The van der Waals surface area contributed by atoms with Gasteiger partial charge in [-0.25, -0.2) is 19.9 Å². The zero-order valence-corrected chi connectivity index (χ0v) is 26.7. The van der Waals surface area contributed by atoms with Gasteiger partial charge in [0.05, 0.1) is 33.5 Å². The molecular formula is C34H24F6N6O6. The van der Waals surface area contributed by atoms with Gasteiger partial charge in [0.15, 0.2) is 23.0 Å². The Morgan fingerprint density at radius 1 is 0.596 bits per heavy atom. The zero-order valence-electron chi connectivity index (χ0n) is 26.7. The molecule has 0 spiro atoms. The zero-order chi connectivity index (χ0) is 37.8. The van der Waals surface area contributed by atoms with Crippen LogP contribution in [0.15, 0.2) is 85.5 Å². The van der Waals surface area contributed by atoms with Crippen LogP contribution in [0.1, 0.15) is 25.0 Å². The molecule has 0 fully saturated rings. The summed E-state index contributed by atoms with van der Waals surface area (Å²) in [6, 6.07) is 14.9. The molecule has 268 valence electrons. The molecule has 0 unspecified atom stereocenters. The van der Waals surface area contributed by atoms with Crippen LogP contribution in [0.4, 0.5) is 49.4 Å². The first-order valence-corrected chi connectivity index (χ1v) is 14.7. The van der Waals surface area contributed by atoms with Crippen molar-refractivity contribution < 1.29 is 55.6 Å². The van der Waals surface area contributed by atoms with E-state index >= 15 is 0 Å². The van der Waals surface area contributed by atoms with Gasteiger partial charge in [0, 0.05) is 36.8 Å². The molecule has 4 aromatic carbocycles. The molecule has 6 aromatic rings. The number of benzene rings is 4. The van der Waals surface area contributed by atoms with Gasteiger partial charge in [-0.1, -0.05) is 24.3 Å². The minimum atomic E-state index is -4.57. The summed E-state index contributed by atoms with van der Waals surface area (Å²) in [5.74, 6) is -2.13. The number of hydrogen-bond acceptors (Lipinski definition) is 12. The Morgan fingerprint density at radius 3 is 1.46 bits per heavy atom. The largest absolute Gasteiger partial charge is 0.504 e. The minimum absolute atomic E-state index is 0.0504. The van der Waals surface area contributed by atoms with Crippen molar-refractivity contribution in [2.45, 2.75) is 26.2 Å². The molecule has 0 radical (unpaired) electrons. The predicted molar refractivity (Wildman–Crippen MR) is 174 cm³/mol. The number of alkyl halides is 6. The molecule has 0 amide bonds. The number of fused-ring (bicyclic) bond motifs is 2. The van der Waals surface area contributed by atoms with Gasteiger partial charge >= 0.3 is 24.3 Å². The topological polar surface area (TPSA) is 169 Å². The van der Waals surface area contributed by atoms with Crippen molar-refractivity contribution in [3.8, 4) is 23.0 Å². The molecule has 0 bridgehead atoms. The maximum Gasteiger partial charge on any atom is 0.418 e. The van der Waals surface area contributed by atoms with Gasteiger partial charge in [-0.15, -0.1) is 0 Å². The van der Waals surface area contributed by atoms with Crippen LogP contribution in [0.3, 0.4) is 0 Å². The average Bonchev–Trinajstić information content (AvgIpc) is 3.06. The third-order valence-corrected chi connectivity index (χ3v) is 6.91. The molecule has 18 heteroatoms. The molecule has 6 rings (SSSR count). The number of esters is 2. The summed E-state index contributed by atoms with van der Waals surface area (Å²) in [6.45, 7) is 2.32. The van der Waals surface area contributed by atoms with Crippen molar-refractivity contribution >= 4 is 56.8 Å². The van der Waals surface area contributed by atoms with E-state index in [1.165, 1.54) is 67.6 Å². The van der Waals surface area contributed by atoms with E-state index in [0.29, 0.717) is 0 Å². The minimum Gasteiger partial charge on any atom is -0.504 e. The second-order valence-corrected chi connectivity index (χ2v) is 10.6. The lowest BCUT2D eigenvalue weighted by atomic mass is 10.1. The van der Waals surface area contributed by atoms with Gasteiger partial charge in [0.25, 0.3) is 0 Å². The van der Waals surface area contributed by atoms with Crippen LogP contribution < -0.4 is 20.1 Å². The lowest BCUT2D eigenvalue weighted by Crippen LogP contribution is -2.10. The Morgan fingerprint density at radius 2 is 1.00 bits per heavy atom. The fourth-order valence-electron chi connectivity index (χ4n) is 4.75. The van der Waals surface area contributed by atoms with Crippen LogP contribution in [-0.2, 0) is 21.9 Å². The predicted octanol–water partition coefficient (Wildman–Crippen LogP) is 8.05. The number of nitrogens with zero attached hydrogens (tertiary/aromatic N) is 4.